The summed E-state index contributed by atoms with van der Waals surface area (Å²) in [6.07, 6.45) is 6.79. The Morgan fingerprint density at radius 3 is 2.78 bits per heavy atom. The zero-order valence-corrected chi connectivity index (χ0v) is 11.7. The number of carbonyl (C=O) groups is 1. The Balaban J connectivity index is 2.05. The fraction of sp³-hybridized carbons (Fsp3) is 0.692. The van der Waals surface area contributed by atoms with Crippen LogP contribution in [0.25, 0.3) is 0 Å². The molecule has 1 heterocycles. The van der Waals surface area contributed by atoms with E-state index >= 15 is 0 Å². The van der Waals surface area contributed by atoms with Gasteiger partial charge in [-0.2, -0.15) is 0 Å². The third-order valence-electron chi connectivity index (χ3n) is 3.55. The number of rotatable bonds is 4. The first kappa shape index (κ1) is 13.5. The van der Waals surface area contributed by atoms with E-state index in [9.17, 15) is 4.79 Å². The second-order valence-corrected chi connectivity index (χ2v) is 5.82. The normalized spacial score (nSPS) is 23.9. The Morgan fingerprint density at radius 2 is 2.22 bits per heavy atom. The molecule has 1 saturated carbocycles. The summed E-state index contributed by atoms with van der Waals surface area (Å²) in [4.78, 5) is 19.2. The summed E-state index contributed by atoms with van der Waals surface area (Å²) in [5.74, 6) is 0.139. The summed E-state index contributed by atoms with van der Waals surface area (Å²) in [6.45, 7) is 2.94. The van der Waals surface area contributed by atoms with Crippen molar-refractivity contribution in [3.8, 4) is 0 Å². The number of hydrogen-bond acceptors (Lipinski definition) is 4. The van der Waals surface area contributed by atoms with Crippen LogP contribution in [0.3, 0.4) is 0 Å². The minimum atomic E-state index is 0.139. The van der Waals surface area contributed by atoms with E-state index in [0.29, 0.717) is 12.1 Å². The van der Waals surface area contributed by atoms with Gasteiger partial charge in [-0.3, -0.25) is 9.78 Å². The molecule has 0 aromatic carbocycles. The largest absolute Gasteiger partial charge is 0.335 e. The van der Waals surface area contributed by atoms with Gasteiger partial charge < -0.3 is 10.6 Å². The Labute approximate surface area is 112 Å². The van der Waals surface area contributed by atoms with E-state index in [0.717, 1.165) is 43.5 Å². The van der Waals surface area contributed by atoms with Crippen LogP contribution in [0.1, 0.15) is 48.7 Å². The maximum Gasteiger partial charge on any atom is 0.265 e. The zero-order chi connectivity index (χ0) is 13.0. The predicted octanol–water partition coefficient (Wildman–Crippen LogP) is 2.27. The second kappa shape index (κ2) is 6.29. The lowest BCUT2D eigenvalue weighted by Gasteiger charge is -2.35. The number of nitrogens with zero attached hydrogens (tertiary/aromatic N) is 2. The summed E-state index contributed by atoms with van der Waals surface area (Å²) in [7, 11) is 0. The van der Waals surface area contributed by atoms with Gasteiger partial charge in [-0.25, -0.2) is 0 Å². The predicted molar refractivity (Wildman–Crippen MR) is 73.7 cm³/mol. The Bertz CT molecular complexity index is 372. The monoisotopic (exact) mass is 267 g/mol. The van der Waals surface area contributed by atoms with Crippen molar-refractivity contribution < 1.29 is 4.79 Å². The number of carbonyl (C=O) groups excluding carboxylic acids is 1. The van der Waals surface area contributed by atoms with Gasteiger partial charge >= 0.3 is 0 Å². The zero-order valence-electron chi connectivity index (χ0n) is 10.8. The van der Waals surface area contributed by atoms with Crippen LogP contribution in [0, 0.1) is 0 Å². The van der Waals surface area contributed by atoms with E-state index in [1.54, 1.807) is 11.7 Å². The molecule has 0 saturated heterocycles. The molecule has 5 heteroatoms. The van der Waals surface area contributed by atoms with E-state index < -0.39 is 0 Å². The average Bonchev–Trinajstić information content (AvgIpc) is 2.90. The van der Waals surface area contributed by atoms with Crippen molar-refractivity contribution in [2.45, 2.75) is 51.1 Å². The number of aromatic nitrogens is 1. The molecule has 2 N–H and O–H groups in total. The fourth-order valence-electron chi connectivity index (χ4n) is 2.57. The van der Waals surface area contributed by atoms with Crippen molar-refractivity contribution >= 4 is 17.2 Å². The van der Waals surface area contributed by atoms with Crippen molar-refractivity contribution in [3.63, 3.8) is 0 Å². The summed E-state index contributed by atoms with van der Waals surface area (Å²) >= 11 is 1.42. The van der Waals surface area contributed by atoms with Gasteiger partial charge in [0.05, 0.1) is 11.7 Å². The summed E-state index contributed by atoms with van der Waals surface area (Å²) < 4.78 is 0. The molecule has 1 aliphatic carbocycles. The van der Waals surface area contributed by atoms with Crippen molar-refractivity contribution in [2.75, 3.05) is 6.54 Å². The minimum Gasteiger partial charge on any atom is -0.335 e. The Morgan fingerprint density at radius 1 is 1.50 bits per heavy atom. The summed E-state index contributed by atoms with van der Waals surface area (Å²) in [5.41, 5.74) is 7.65. The number of nitrogens with two attached hydrogens (primary N) is 1. The molecule has 100 valence electrons. The molecular weight excluding hydrogens is 246 g/mol. The molecule has 18 heavy (non-hydrogen) atoms. The SMILES string of the molecule is CCCN(C(=O)c1cncs1)C1CCC(N)CC1. The number of hydrogen-bond donors (Lipinski definition) is 1. The lowest BCUT2D eigenvalue weighted by atomic mass is 9.90. The Hall–Kier alpha value is -0.940. The van der Waals surface area contributed by atoms with Crippen LogP contribution in [0.4, 0.5) is 0 Å². The van der Waals surface area contributed by atoms with Crippen molar-refractivity contribution in [1.29, 1.82) is 0 Å². The fourth-order valence-corrected chi connectivity index (χ4v) is 3.14. The Kier molecular flexibility index (Phi) is 4.72. The molecule has 0 radical (unpaired) electrons. The molecule has 1 fully saturated rings. The van der Waals surface area contributed by atoms with Crippen LogP contribution in [0.5, 0.6) is 0 Å². The molecule has 1 aromatic rings. The maximum absolute atomic E-state index is 12.4. The van der Waals surface area contributed by atoms with Gasteiger partial charge in [0.15, 0.2) is 0 Å². The standard InChI is InChI=1S/C13H21N3OS/c1-2-7-16(11-5-3-10(14)4-6-11)13(17)12-8-15-9-18-12/h8-11H,2-7,14H2,1H3. The highest BCUT2D eigenvalue weighted by Crippen LogP contribution is 2.24. The van der Waals surface area contributed by atoms with Gasteiger partial charge in [0, 0.05) is 18.6 Å². The highest BCUT2D eigenvalue weighted by Gasteiger charge is 2.28. The number of thiazole rings is 1. The topological polar surface area (TPSA) is 59.2 Å². The molecule has 1 aliphatic rings. The first-order valence-electron chi connectivity index (χ1n) is 6.67. The molecule has 1 aromatic heterocycles. The average molecular weight is 267 g/mol. The van der Waals surface area contributed by atoms with Gasteiger partial charge in [-0.15, -0.1) is 11.3 Å². The van der Waals surface area contributed by atoms with Crippen LogP contribution in [-0.4, -0.2) is 34.4 Å². The maximum atomic E-state index is 12.4. The lowest BCUT2D eigenvalue weighted by Crippen LogP contribution is -2.44. The van der Waals surface area contributed by atoms with Crippen LogP contribution in [-0.2, 0) is 0 Å². The van der Waals surface area contributed by atoms with Gasteiger partial charge in [0.2, 0.25) is 0 Å². The third-order valence-corrected chi connectivity index (χ3v) is 4.31. The molecule has 0 aliphatic heterocycles. The first-order chi connectivity index (χ1) is 8.72. The van der Waals surface area contributed by atoms with Crippen molar-refractivity contribution in [2.24, 2.45) is 5.73 Å². The molecule has 0 bridgehead atoms. The van der Waals surface area contributed by atoms with Crippen molar-refractivity contribution in [1.82, 2.24) is 9.88 Å². The van der Waals surface area contributed by atoms with Crippen LogP contribution < -0.4 is 5.73 Å². The number of amides is 1. The quantitative estimate of drug-likeness (QED) is 0.910. The smallest absolute Gasteiger partial charge is 0.265 e. The molecule has 2 rings (SSSR count). The molecule has 0 unspecified atom stereocenters. The highest BCUT2D eigenvalue weighted by atomic mass is 32.1. The van der Waals surface area contributed by atoms with Gasteiger partial charge in [-0.05, 0) is 32.1 Å². The van der Waals surface area contributed by atoms with E-state index in [-0.39, 0.29) is 5.91 Å². The molecule has 4 nitrogen and oxygen atoms in total. The highest BCUT2D eigenvalue weighted by molar-refractivity contribution is 7.11. The second-order valence-electron chi connectivity index (χ2n) is 4.93. The first-order valence-corrected chi connectivity index (χ1v) is 7.55. The van der Waals surface area contributed by atoms with Crippen LogP contribution >= 0.6 is 11.3 Å². The minimum absolute atomic E-state index is 0.139. The van der Waals surface area contributed by atoms with Crippen LogP contribution in [0.2, 0.25) is 0 Å². The third kappa shape index (κ3) is 3.09. The van der Waals surface area contributed by atoms with E-state index in [4.69, 9.17) is 5.73 Å². The molecule has 0 atom stereocenters. The van der Waals surface area contributed by atoms with E-state index in [1.165, 1.54) is 11.3 Å². The molecular formula is C13H21N3OS. The van der Waals surface area contributed by atoms with Crippen molar-refractivity contribution in [3.05, 3.63) is 16.6 Å². The van der Waals surface area contributed by atoms with Gasteiger partial charge in [0.25, 0.3) is 5.91 Å². The van der Waals surface area contributed by atoms with Gasteiger partial charge in [0.1, 0.15) is 4.88 Å². The summed E-state index contributed by atoms with van der Waals surface area (Å²) in [5, 5.41) is 0. The molecule has 0 spiro atoms. The van der Waals surface area contributed by atoms with E-state index in [1.807, 2.05) is 4.90 Å². The lowest BCUT2D eigenvalue weighted by molar-refractivity contribution is 0.0631. The van der Waals surface area contributed by atoms with Crippen LogP contribution in [0.15, 0.2) is 11.7 Å². The van der Waals surface area contributed by atoms with E-state index in [2.05, 4.69) is 11.9 Å². The molecule has 1 amide bonds. The summed E-state index contributed by atoms with van der Waals surface area (Å²) in [6, 6.07) is 0.683. The van der Waals surface area contributed by atoms with Gasteiger partial charge in [-0.1, -0.05) is 6.92 Å².